The summed E-state index contributed by atoms with van der Waals surface area (Å²) < 4.78 is 10.3. The Labute approximate surface area is 174 Å². The van der Waals surface area contributed by atoms with Gasteiger partial charge in [-0.1, -0.05) is 53.8 Å². The number of hydrogen-bond donors (Lipinski definition) is 1. The molecule has 0 atom stereocenters. The highest BCUT2D eigenvalue weighted by molar-refractivity contribution is 7.15. The molecule has 0 radical (unpaired) electrons. The number of ether oxygens (including phenoxy) is 2. The van der Waals surface area contributed by atoms with Crippen molar-refractivity contribution in [2.75, 3.05) is 32.7 Å². The van der Waals surface area contributed by atoms with Crippen LogP contribution in [0.5, 0.6) is 5.75 Å². The Balaban J connectivity index is 1.61. The van der Waals surface area contributed by atoms with Gasteiger partial charge in [0.25, 0.3) is 0 Å². The third-order valence-electron chi connectivity index (χ3n) is 4.26. The molecule has 1 N–H and O–H groups in total. The van der Waals surface area contributed by atoms with Crippen LogP contribution in [0.1, 0.15) is 16.1 Å². The zero-order chi connectivity index (χ0) is 20.5. The molecule has 0 saturated heterocycles. The molecule has 0 aliphatic heterocycles. The van der Waals surface area contributed by atoms with Gasteiger partial charge in [0, 0.05) is 26.6 Å². The van der Waals surface area contributed by atoms with Crippen LogP contribution in [0.25, 0.3) is 0 Å². The van der Waals surface area contributed by atoms with E-state index in [1.165, 1.54) is 11.3 Å². The predicted octanol–water partition coefficient (Wildman–Crippen LogP) is 3.82. The number of nitrogens with zero attached hydrogens (tertiary/aromatic N) is 3. The Morgan fingerprint density at radius 3 is 2.48 bits per heavy atom. The lowest BCUT2D eigenvalue weighted by Gasteiger charge is -2.22. The molecule has 0 fully saturated rings. The van der Waals surface area contributed by atoms with E-state index in [-0.39, 0.29) is 6.03 Å². The Kier molecular flexibility index (Phi) is 7.54. The van der Waals surface area contributed by atoms with Crippen molar-refractivity contribution >= 4 is 22.5 Å². The first kappa shape index (κ1) is 20.8. The smallest absolute Gasteiger partial charge is 0.324 e. The van der Waals surface area contributed by atoms with Crippen molar-refractivity contribution in [1.82, 2.24) is 15.1 Å². The molecule has 0 aliphatic rings. The maximum absolute atomic E-state index is 12.7. The van der Waals surface area contributed by atoms with Crippen LogP contribution in [0.4, 0.5) is 9.93 Å². The lowest BCUT2D eigenvalue weighted by atomic mass is 10.1. The Morgan fingerprint density at radius 2 is 1.79 bits per heavy atom. The standard InChI is InChI=1S/C21H24N4O3S/c1-27-13-12-25(15-17-6-4-3-5-7-17)21(26)22-20-24-23-19(29-20)14-16-8-10-18(28-2)11-9-16/h3-11H,12-15H2,1-2H3,(H,22,24,26). The van der Waals surface area contributed by atoms with E-state index in [9.17, 15) is 4.79 Å². The second-order valence-corrected chi connectivity index (χ2v) is 7.42. The van der Waals surface area contributed by atoms with Gasteiger partial charge in [-0.25, -0.2) is 4.79 Å². The number of rotatable bonds is 9. The number of amides is 2. The molecular formula is C21H24N4O3S. The number of urea groups is 1. The van der Waals surface area contributed by atoms with Crippen LogP contribution in [-0.2, 0) is 17.7 Å². The largest absolute Gasteiger partial charge is 0.497 e. The van der Waals surface area contributed by atoms with E-state index in [0.29, 0.717) is 31.2 Å². The minimum atomic E-state index is -0.224. The highest BCUT2D eigenvalue weighted by Crippen LogP contribution is 2.20. The van der Waals surface area contributed by atoms with Crippen LogP contribution in [0.2, 0.25) is 0 Å². The number of methoxy groups -OCH3 is 2. The van der Waals surface area contributed by atoms with E-state index in [1.54, 1.807) is 19.1 Å². The summed E-state index contributed by atoms with van der Waals surface area (Å²) in [5.41, 5.74) is 2.15. The minimum absolute atomic E-state index is 0.224. The second kappa shape index (κ2) is 10.5. The van der Waals surface area contributed by atoms with Gasteiger partial charge in [-0.05, 0) is 23.3 Å². The lowest BCUT2D eigenvalue weighted by molar-refractivity contribution is 0.153. The Bertz CT molecular complexity index is 900. The van der Waals surface area contributed by atoms with Gasteiger partial charge < -0.3 is 14.4 Å². The molecule has 7 nitrogen and oxygen atoms in total. The molecule has 8 heteroatoms. The summed E-state index contributed by atoms with van der Waals surface area (Å²) in [5, 5.41) is 12.5. The van der Waals surface area contributed by atoms with Crippen molar-refractivity contribution < 1.29 is 14.3 Å². The fraction of sp³-hybridized carbons (Fsp3) is 0.286. The third-order valence-corrected chi connectivity index (χ3v) is 5.10. The van der Waals surface area contributed by atoms with Crippen molar-refractivity contribution in [3.63, 3.8) is 0 Å². The number of hydrogen-bond acceptors (Lipinski definition) is 6. The van der Waals surface area contributed by atoms with E-state index in [0.717, 1.165) is 21.9 Å². The van der Waals surface area contributed by atoms with Crippen LogP contribution in [-0.4, -0.2) is 48.5 Å². The van der Waals surface area contributed by atoms with Crippen molar-refractivity contribution in [1.29, 1.82) is 0 Å². The highest BCUT2D eigenvalue weighted by atomic mass is 32.1. The summed E-state index contributed by atoms with van der Waals surface area (Å²) in [6.45, 7) is 1.43. The molecule has 152 valence electrons. The first-order valence-corrected chi connectivity index (χ1v) is 10.0. The molecule has 2 amide bonds. The van der Waals surface area contributed by atoms with Crippen molar-refractivity contribution in [2.45, 2.75) is 13.0 Å². The van der Waals surface area contributed by atoms with Crippen LogP contribution in [0.15, 0.2) is 54.6 Å². The van der Waals surface area contributed by atoms with Crippen molar-refractivity contribution in [2.24, 2.45) is 0 Å². The fourth-order valence-electron chi connectivity index (χ4n) is 2.72. The van der Waals surface area contributed by atoms with Crippen LogP contribution < -0.4 is 10.1 Å². The molecule has 1 aromatic heterocycles. The van der Waals surface area contributed by atoms with Gasteiger partial charge in [-0.15, -0.1) is 10.2 Å². The molecular weight excluding hydrogens is 388 g/mol. The SMILES string of the molecule is COCCN(Cc1ccccc1)C(=O)Nc1nnc(Cc2ccc(OC)cc2)s1. The number of carbonyl (C=O) groups excluding carboxylic acids is 1. The van der Waals surface area contributed by atoms with E-state index in [1.807, 2.05) is 54.6 Å². The molecule has 0 unspecified atom stereocenters. The second-order valence-electron chi connectivity index (χ2n) is 6.36. The summed E-state index contributed by atoms with van der Waals surface area (Å²) in [6, 6.07) is 17.4. The van der Waals surface area contributed by atoms with Crippen molar-refractivity contribution in [3.05, 3.63) is 70.7 Å². The quantitative estimate of drug-likeness (QED) is 0.578. The first-order valence-electron chi connectivity index (χ1n) is 9.22. The predicted molar refractivity (Wildman–Crippen MR) is 113 cm³/mol. The molecule has 1 heterocycles. The Morgan fingerprint density at radius 1 is 1.03 bits per heavy atom. The summed E-state index contributed by atoms with van der Waals surface area (Å²) in [5.74, 6) is 0.813. The maximum atomic E-state index is 12.7. The maximum Gasteiger partial charge on any atom is 0.324 e. The van der Waals surface area contributed by atoms with Gasteiger partial charge in [0.15, 0.2) is 0 Å². The van der Waals surface area contributed by atoms with Gasteiger partial charge in [0.1, 0.15) is 10.8 Å². The molecule has 29 heavy (non-hydrogen) atoms. The third kappa shape index (κ3) is 6.27. The fourth-order valence-corrected chi connectivity index (χ4v) is 3.49. The minimum Gasteiger partial charge on any atom is -0.497 e. The summed E-state index contributed by atoms with van der Waals surface area (Å²) in [6.07, 6.45) is 0.648. The van der Waals surface area contributed by atoms with Gasteiger partial charge in [-0.3, -0.25) is 5.32 Å². The van der Waals surface area contributed by atoms with Gasteiger partial charge in [-0.2, -0.15) is 0 Å². The molecule has 0 spiro atoms. The Hall–Kier alpha value is -2.97. The number of carbonyl (C=O) groups is 1. The molecule has 3 aromatic rings. The van der Waals surface area contributed by atoms with E-state index in [4.69, 9.17) is 9.47 Å². The lowest BCUT2D eigenvalue weighted by Crippen LogP contribution is -2.36. The van der Waals surface area contributed by atoms with E-state index >= 15 is 0 Å². The topological polar surface area (TPSA) is 76.6 Å². The molecule has 2 aromatic carbocycles. The average Bonchev–Trinajstić information content (AvgIpc) is 3.19. The summed E-state index contributed by atoms with van der Waals surface area (Å²) in [4.78, 5) is 14.4. The van der Waals surface area contributed by atoms with E-state index in [2.05, 4.69) is 15.5 Å². The van der Waals surface area contributed by atoms with Crippen LogP contribution in [0.3, 0.4) is 0 Å². The van der Waals surface area contributed by atoms with Crippen molar-refractivity contribution in [3.8, 4) is 5.75 Å². The molecule has 0 saturated carbocycles. The first-order chi connectivity index (χ1) is 14.2. The zero-order valence-electron chi connectivity index (χ0n) is 16.5. The van der Waals surface area contributed by atoms with E-state index < -0.39 is 0 Å². The van der Waals surface area contributed by atoms with Crippen LogP contribution in [0, 0.1) is 0 Å². The monoisotopic (exact) mass is 412 g/mol. The summed E-state index contributed by atoms with van der Waals surface area (Å²) >= 11 is 1.37. The normalized spacial score (nSPS) is 10.6. The number of nitrogens with one attached hydrogen (secondary N) is 1. The zero-order valence-corrected chi connectivity index (χ0v) is 17.3. The van der Waals surface area contributed by atoms with Crippen LogP contribution >= 0.6 is 11.3 Å². The number of aromatic nitrogens is 2. The summed E-state index contributed by atoms with van der Waals surface area (Å²) in [7, 11) is 3.26. The molecule has 3 rings (SSSR count). The highest BCUT2D eigenvalue weighted by Gasteiger charge is 2.16. The molecule has 0 aliphatic carbocycles. The molecule has 0 bridgehead atoms. The number of benzene rings is 2. The average molecular weight is 413 g/mol. The van der Waals surface area contributed by atoms with Gasteiger partial charge >= 0.3 is 6.03 Å². The number of anilines is 1. The van der Waals surface area contributed by atoms with Gasteiger partial charge in [0.2, 0.25) is 5.13 Å². The van der Waals surface area contributed by atoms with Gasteiger partial charge in [0.05, 0.1) is 13.7 Å².